The standard InChI is InChI=1S/C22H15F2NS2/c1-2-3-18-8-9-19(27-18)10-11-20-21(23)12-16(13-22(20)24)15-4-6-17(7-5-15)25-14-26/h4-9,12-13H,2-3H2,1H3. The molecule has 0 amide bonds. The van der Waals surface area contributed by atoms with Gasteiger partial charge in [0.1, 0.15) is 11.6 Å². The molecule has 0 N–H and O–H groups in total. The van der Waals surface area contributed by atoms with Gasteiger partial charge in [-0.05, 0) is 66.2 Å². The minimum absolute atomic E-state index is 0.217. The molecule has 0 atom stereocenters. The lowest BCUT2D eigenvalue weighted by Crippen LogP contribution is -1.92. The fraction of sp³-hybridized carbons (Fsp3) is 0.136. The van der Waals surface area contributed by atoms with Gasteiger partial charge in [-0.3, -0.25) is 0 Å². The van der Waals surface area contributed by atoms with Crippen molar-refractivity contribution in [1.29, 1.82) is 0 Å². The van der Waals surface area contributed by atoms with Crippen LogP contribution in [-0.4, -0.2) is 5.16 Å². The van der Waals surface area contributed by atoms with Gasteiger partial charge in [-0.25, -0.2) is 8.78 Å². The largest absolute Gasteiger partial charge is 0.205 e. The Bertz CT molecular complexity index is 1040. The highest BCUT2D eigenvalue weighted by molar-refractivity contribution is 7.78. The summed E-state index contributed by atoms with van der Waals surface area (Å²) in [5.41, 5.74) is 1.54. The molecule has 27 heavy (non-hydrogen) atoms. The van der Waals surface area contributed by atoms with E-state index in [-0.39, 0.29) is 5.56 Å². The van der Waals surface area contributed by atoms with E-state index in [0.29, 0.717) is 16.8 Å². The first-order valence-corrected chi connectivity index (χ1v) is 9.61. The van der Waals surface area contributed by atoms with Gasteiger partial charge in [-0.1, -0.05) is 37.3 Å². The van der Waals surface area contributed by atoms with Crippen molar-refractivity contribution in [2.45, 2.75) is 19.8 Å². The first-order chi connectivity index (χ1) is 13.1. The molecule has 3 rings (SSSR count). The molecule has 2 aromatic carbocycles. The summed E-state index contributed by atoms with van der Waals surface area (Å²) in [4.78, 5) is 5.88. The Morgan fingerprint density at radius 1 is 0.963 bits per heavy atom. The zero-order chi connectivity index (χ0) is 19.2. The number of thiophene rings is 1. The van der Waals surface area contributed by atoms with Crippen molar-refractivity contribution in [2.24, 2.45) is 4.99 Å². The van der Waals surface area contributed by atoms with E-state index < -0.39 is 11.6 Å². The number of rotatable bonds is 4. The van der Waals surface area contributed by atoms with E-state index in [0.717, 1.165) is 17.7 Å². The molecule has 3 aromatic rings. The number of aryl methyl sites for hydroxylation is 1. The smallest absolute Gasteiger partial charge is 0.142 e. The van der Waals surface area contributed by atoms with Crippen LogP contribution in [-0.2, 0) is 6.42 Å². The molecule has 0 radical (unpaired) electrons. The molecule has 0 unspecified atom stereocenters. The Morgan fingerprint density at radius 2 is 1.67 bits per heavy atom. The second-order valence-electron chi connectivity index (χ2n) is 5.83. The lowest BCUT2D eigenvalue weighted by molar-refractivity contribution is 0.578. The molecule has 0 aliphatic rings. The number of nitrogens with zero attached hydrogens (tertiary/aromatic N) is 1. The van der Waals surface area contributed by atoms with E-state index in [1.54, 1.807) is 35.6 Å². The molecule has 0 bridgehead atoms. The van der Waals surface area contributed by atoms with E-state index in [1.165, 1.54) is 17.0 Å². The van der Waals surface area contributed by atoms with E-state index in [4.69, 9.17) is 0 Å². The molecule has 0 aliphatic heterocycles. The third-order valence-corrected chi connectivity index (χ3v) is 5.04. The van der Waals surface area contributed by atoms with Gasteiger partial charge in [-0.15, -0.1) is 11.3 Å². The summed E-state index contributed by atoms with van der Waals surface area (Å²) in [7, 11) is 0. The Hall–Kier alpha value is -2.64. The monoisotopic (exact) mass is 395 g/mol. The van der Waals surface area contributed by atoms with Crippen molar-refractivity contribution in [1.82, 2.24) is 0 Å². The average molecular weight is 395 g/mol. The van der Waals surface area contributed by atoms with Crippen molar-refractivity contribution in [3.63, 3.8) is 0 Å². The van der Waals surface area contributed by atoms with Gasteiger partial charge in [0.05, 0.1) is 21.3 Å². The van der Waals surface area contributed by atoms with Crippen LogP contribution in [0.4, 0.5) is 14.5 Å². The molecule has 0 saturated carbocycles. The summed E-state index contributed by atoms with van der Waals surface area (Å²) in [5.74, 6) is 4.14. The number of isothiocyanates is 1. The molecule has 5 heteroatoms. The van der Waals surface area contributed by atoms with Crippen molar-refractivity contribution in [3.8, 4) is 23.0 Å². The molecule has 134 valence electrons. The fourth-order valence-electron chi connectivity index (χ4n) is 2.59. The summed E-state index contributed by atoms with van der Waals surface area (Å²) >= 11 is 6.11. The van der Waals surface area contributed by atoms with Crippen LogP contribution in [0.5, 0.6) is 0 Å². The maximum absolute atomic E-state index is 14.4. The van der Waals surface area contributed by atoms with Crippen molar-refractivity contribution < 1.29 is 8.78 Å². The van der Waals surface area contributed by atoms with Gasteiger partial charge in [0, 0.05) is 4.88 Å². The van der Waals surface area contributed by atoms with Gasteiger partial charge < -0.3 is 0 Å². The Labute approximate surface area is 166 Å². The van der Waals surface area contributed by atoms with Gasteiger partial charge in [0.25, 0.3) is 0 Å². The molecular formula is C22H15F2NS2. The molecule has 0 saturated heterocycles. The lowest BCUT2D eigenvalue weighted by Gasteiger charge is -2.05. The SMILES string of the molecule is CCCc1ccc(C#Cc2c(F)cc(-c3ccc(N=C=S)cc3)cc2F)s1. The minimum atomic E-state index is -0.677. The van der Waals surface area contributed by atoms with Crippen LogP contribution in [0.25, 0.3) is 11.1 Å². The second-order valence-corrected chi connectivity index (χ2v) is 7.18. The summed E-state index contributed by atoms with van der Waals surface area (Å²) in [6.07, 6.45) is 2.04. The Balaban J connectivity index is 1.89. The molecule has 1 heterocycles. The van der Waals surface area contributed by atoms with E-state index >= 15 is 0 Å². The van der Waals surface area contributed by atoms with Crippen molar-refractivity contribution in [3.05, 3.63) is 75.5 Å². The van der Waals surface area contributed by atoms with E-state index in [2.05, 4.69) is 41.1 Å². The first kappa shape index (κ1) is 19.1. The van der Waals surface area contributed by atoms with E-state index in [1.807, 2.05) is 12.1 Å². The van der Waals surface area contributed by atoms with Crippen molar-refractivity contribution >= 4 is 34.4 Å². The zero-order valence-corrected chi connectivity index (χ0v) is 16.2. The van der Waals surface area contributed by atoms with E-state index in [9.17, 15) is 8.78 Å². The van der Waals surface area contributed by atoms with Gasteiger partial charge in [-0.2, -0.15) is 4.99 Å². The number of hydrogen-bond acceptors (Lipinski definition) is 3. The molecular weight excluding hydrogens is 380 g/mol. The summed E-state index contributed by atoms with van der Waals surface area (Å²) in [6, 6.07) is 13.4. The number of halogens is 2. The molecule has 1 nitrogen and oxygen atoms in total. The average Bonchev–Trinajstić information content (AvgIpc) is 3.10. The Morgan fingerprint density at radius 3 is 2.30 bits per heavy atom. The third-order valence-electron chi connectivity index (χ3n) is 3.89. The molecule has 0 fully saturated rings. The predicted octanol–water partition coefficient (Wildman–Crippen LogP) is 6.78. The van der Waals surface area contributed by atoms with Gasteiger partial charge in [0.15, 0.2) is 0 Å². The highest BCUT2D eigenvalue weighted by Crippen LogP contribution is 2.26. The maximum Gasteiger partial charge on any atom is 0.142 e. The second kappa shape index (κ2) is 8.83. The van der Waals surface area contributed by atoms with Crippen LogP contribution in [0.2, 0.25) is 0 Å². The highest BCUT2D eigenvalue weighted by atomic mass is 32.1. The lowest BCUT2D eigenvalue weighted by atomic mass is 10.0. The normalized spacial score (nSPS) is 10.0. The summed E-state index contributed by atoms with van der Waals surface area (Å²) < 4.78 is 28.9. The Kier molecular flexibility index (Phi) is 6.26. The quantitative estimate of drug-likeness (QED) is 0.269. The van der Waals surface area contributed by atoms with Crippen LogP contribution < -0.4 is 0 Å². The summed E-state index contributed by atoms with van der Waals surface area (Å²) in [6.45, 7) is 2.11. The van der Waals surface area contributed by atoms with Gasteiger partial charge >= 0.3 is 0 Å². The molecule has 0 aliphatic carbocycles. The predicted molar refractivity (Wildman–Crippen MR) is 111 cm³/mol. The van der Waals surface area contributed by atoms with Crippen LogP contribution in [0.1, 0.15) is 28.7 Å². The number of hydrogen-bond donors (Lipinski definition) is 0. The zero-order valence-electron chi connectivity index (χ0n) is 14.6. The third kappa shape index (κ3) is 4.75. The highest BCUT2D eigenvalue weighted by Gasteiger charge is 2.11. The van der Waals surface area contributed by atoms with Crippen LogP contribution >= 0.6 is 23.6 Å². The number of thiocarbonyl (C=S) groups is 1. The van der Waals surface area contributed by atoms with Crippen LogP contribution in [0.15, 0.2) is 53.5 Å². The van der Waals surface area contributed by atoms with Crippen LogP contribution in [0.3, 0.4) is 0 Å². The maximum atomic E-state index is 14.4. The number of benzene rings is 2. The minimum Gasteiger partial charge on any atom is -0.205 e. The topological polar surface area (TPSA) is 12.4 Å². The van der Waals surface area contributed by atoms with Crippen LogP contribution in [0, 0.1) is 23.5 Å². The van der Waals surface area contributed by atoms with Crippen molar-refractivity contribution in [2.75, 3.05) is 0 Å². The molecule has 0 spiro atoms. The summed E-state index contributed by atoms with van der Waals surface area (Å²) in [5, 5.41) is 2.28. The first-order valence-electron chi connectivity index (χ1n) is 8.38. The molecule has 1 aromatic heterocycles. The number of aliphatic imine (C=N–C) groups is 1. The fourth-order valence-corrected chi connectivity index (χ4v) is 3.66. The van der Waals surface area contributed by atoms with Gasteiger partial charge in [0.2, 0.25) is 0 Å².